The molecule has 0 aliphatic carbocycles. The molecule has 0 aromatic heterocycles. The topological polar surface area (TPSA) is 128 Å². The predicted octanol–water partition coefficient (Wildman–Crippen LogP) is 0.0977. The van der Waals surface area contributed by atoms with E-state index in [0.717, 1.165) is 0 Å². The summed E-state index contributed by atoms with van der Waals surface area (Å²) in [5, 5.41) is 8.38. The van der Waals surface area contributed by atoms with E-state index in [4.69, 9.17) is 22.3 Å². The van der Waals surface area contributed by atoms with Gasteiger partial charge in [-0.05, 0) is 12.8 Å². The highest BCUT2D eigenvalue weighted by Crippen LogP contribution is 1.94. The third kappa shape index (κ3) is 18.7. The molecular formula is C8H20Cl2N4O2. The Morgan fingerprint density at radius 2 is 1.75 bits per heavy atom. The van der Waals surface area contributed by atoms with E-state index >= 15 is 0 Å². The maximum Gasteiger partial charge on any atom is 0.320 e. The van der Waals surface area contributed by atoms with Gasteiger partial charge in [-0.15, -0.1) is 38.0 Å². The Kier molecular flexibility index (Phi) is 25.0. The lowest BCUT2D eigenvalue weighted by Crippen LogP contribution is -2.30. The van der Waals surface area contributed by atoms with E-state index in [9.17, 15) is 4.79 Å². The van der Waals surface area contributed by atoms with Gasteiger partial charge in [-0.1, -0.05) is 0 Å². The smallest absolute Gasteiger partial charge is 0.320 e. The Morgan fingerprint density at radius 3 is 2.06 bits per heavy atom. The normalized spacial score (nSPS) is 9.31. The molecule has 0 aliphatic heterocycles. The number of nitrogens with zero attached hydrogens (tertiary/aromatic N) is 1. The number of halogens is 2. The van der Waals surface area contributed by atoms with Crippen molar-refractivity contribution in [2.24, 2.45) is 22.2 Å². The Labute approximate surface area is 108 Å². The first-order valence-corrected chi connectivity index (χ1v) is 4.08. The molecule has 98 valence electrons. The molecule has 0 aromatic carbocycles. The third-order valence-corrected chi connectivity index (χ3v) is 1.28. The first-order chi connectivity index (χ1) is 6.54. The van der Waals surface area contributed by atoms with Crippen molar-refractivity contribution in [3.8, 4) is 0 Å². The van der Waals surface area contributed by atoms with Crippen LogP contribution in [0.25, 0.3) is 0 Å². The number of hydrogen-bond donors (Lipinski definition) is 4. The second-order valence-corrected chi connectivity index (χ2v) is 2.39. The molecule has 16 heavy (non-hydrogen) atoms. The number of carbonyl (C=O) groups is 1. The van der Waals surface area contributed by atoms with Crippen LogP contribution in [0, 0.1) is 0 Å². The van der Waals surface area contributed by atoms with Crippen LogP contribution >= 0.6 is 24.8 Å². The highest BCUT2D eigenvalue weighted by Gasteiger charge is 2.09. The van der Waals surface area contributed by atoms with Gasteiger partial charge in [-0.2, -0.15) is 0 Å². The van der Waals surface area contributed by atoms with Crippen molar-refractivity contribution in [3.05, 3.63) is 13.2 Å². The zero-order chi connectivity index (χ0) is 11.6. The molecule has 8 heteroatoms. The van der Waals surface area contributed by atoms with Gasteiger partial charge in [-0.3, -0.25) is 9.79 Å². The number of aliphatic imine (C=N–C) groups is 1. The van der Waals surface area contributed by atoms with Gasteiger partial charge in [0.1, 0.15) is 6.04 Å². The van der Waals surface area contributed by atoms with Crippen LogP contribution in [0.5, 0.6) is 0 Å². The van der Waals surface area contributed by atoms with Gasteiger partial charge in [0.15, 0.2) is 5.96 Å². The van der Waals surface area contributed by atoms with Crippen molar-refractivity contribution >= 4 is 36.7 Å². The number of hydrogen-bond acceptors (Lipinski definition) is 3. The van der Waals surface area contributed by atoms with E-state index in [1.165, 1.54) is 0 Å². The molecule has 0 heterocycles. The van der Waals surface area contributed by atoms with Gasteiger partial charge in [0.25, 0.3) is 0 Å². The summed E-state index contributed by atoms with van der Waals surface area (Å²) < 4.78 is 0. The molecule has 0 rings (SSSR count). The molecule has 0 fully saturated rings. The standard InChI is InChI=1S/C6H14N4O2.C2H4.2ClH/c7-4(5(11)12)2-1-3-10-6(8)9;1-2;;/h4H,1-3,7H2,(H,11,12)(H4,8,9,10);1-2H2;2*1H. The lowest BCUT2D eigenvalue weighted by Gasteiger charge is -2.03. The largest absolute Gasteiger partial charge is 0.480 e. The minimum atomic E-state index is -1.00. The van der Waals surface area contributed by atoms with Crippen molar-refractivity contribution < 1.29 is 9.90 Å². The molecule has 0 amide bonds. The number of guanidine groups is 1. The average molecular weight is 275 g/mol. The molecule has 0 bridgehead atoms. The number of rotatable bonds is 5. The molecule has 0 saturated carbocycles. The van der Waals surface area contributed by atoms with Crippen LogP contribution < -0.4 is 17.2 Å². The molecule has 7 N–H and O–H groups in total. The number of carboxylic acids is 1. The molecule has 0 radical (unpaired) electrons. The summed E-state index contributed by atoms with van der Waals surface area (Å²) in [6.45, 7) is 6.42. The Morgan fingerprint density at radius 1 is 1.31 bits per heavy atom. The first-order valence-electron chi connectivity index (χ1n) is 4.08. The number of carboxylic acid groups (broad SMARTS) is 1. The summed E-state index contributed by atoms with van der Waals surface area (Å²) in [6.07, 6.45) is 0.956. The molecule has 0 aromatic rings. The van der Waals surface area contributed by atoms with Gasteiger partial charge < -0.3 is 22.3 Å². The highest BCUT2D eigenvalue weighted by molar-refractivity contribution is 5.85. The quantitative estimate of drug-likeness (QED) is 0.245. The van der Waals surface area contributed by atoms with Gasteiger partial charge in [0, 0.05) is 6.54 Å². The first kappa shape index (κ1) is 24.3. The van der Waals surface area contributed by atoms with Gasteiger partial charge in [0.05, 0.1) is 0 Å². The van der Waals surface area contributed by atoms with Crippen LogP contribution in [0.15, 0.2) is 18.2 Å². The highest BCUT2D eigenvalue weighted by atomic mass is 35.5. The lowest BCUT2D eigenvalue weighted by atomic mass is 10.2. The van der Waals surface area contributed by atoms with Crippen molar-refractivity contribution in [1.82, 2.24) is 0 Å². The van der Waals surface area contributed by atoms with E-state index in [1.807, 2.05) is 0 Å². The maximum atomic E-state index is 10.2. The maximum absolute atomic E-state index is 10.2. The van der Waals surface area contributed by atoms with Gasteiger partial charge in [0.2, 0.25) is 0 Å². The van der Waals surface area contributed by atoms with Crippen molar-refractivity contribution in [1.29, 1.82) is 0 Å². The fraction of sp³-hybridized carbons (Fsp3) is 0.500. The molecule has 0 aliphatic rings. The van der Waals surface area contributed by atoms with E-state index in [1.54, 1.807) is 0 Å². The van der Waals surface area contributed by atoms with Crippen LogP contribution in [0.4, 0.5) is 0 Å². The number of aliphatic carboxylic acids is 1. The number of nitrogens with two attached hydrogens (primary N) is 3. The Bertz CT molecular complexity index is 198. The summed E-state index contributed by atoms with van der Waals surface area (Å²) >= 11 is 0. The molecule has 1 unspecified atom stereocenters. The van der Waals surface area contributed by atoms with E-state index < -0.39 is 12.0 Å². The fourth-order valence-corrected chi connectivity index (χ4v) is 0.643. The summed E-state index contributed by atoms with van der Waals surface area (Å²) in [5.74, 6) is -0.987. The monoisotopic (exact) mass is 274 g/mol. The molecule has 1 atom stereocenters. The average Bonchev–Trinajstić information content (AvgIpc) is 2.15. The van der Waals surface area contributed by atoms with Crippen LogP contribution in [0.3, 0.4) is 0 Å². The summed E-state index contributed by atoms with van der Waals surface area (Å²) in [5.41, 5.74) is 15.3. The van der Waals surface area contributed by atoms with Crippen molar-refractivity contribution in [3.63, 3.8) is 0 Å². The zero-order valence-corrected chi connectivity index (χ0v) is 10.6. The molecule has 0 spiro atoms. The van der Waals surface area contributed by atoms with E-state index in [0.29, 0.717) is 19.4 Å². The Hall–Kier alpha value is -0.980. The minimum absolute atomic E-state index is 0. The van der Waals surface area contributed by atoms with Crippen molar-refractivity contribution in [2.45, 2.75) is 18.9 Å². The SMILES string of the molecule is C=C.Cl.Cl.NC(N)=NCCCC(N)C(=O)O. The van der Waals surface area contributed by atoms with Gasteiger partial charge >= 0.3 is 5.97 Å². The minimum Gasteiger partial charge on any atom is -0.480 e. The zero-order valence-electron chi connectivity index (χ0n) is 8.96. The second kappa shape index (κ2) is 16.4. The summed E-state index contributed by atoms with van der Waals surface area (Å²) in [7, 11) is 0. The van der Waals surface area contributed by atoms with Crippen LogP contribution in [0.1, 0.15) is 12.8 Å². The molecule has 6 nitrogen and oxygen atoms in total. The second-order valence-electron chi connectivity index (χ2n) is 2.39. The van der Waals surface area contributed by atoms with Crippen molar-refractivity contribution in [2.75, 3.05) is 6.54 Å². The van der Waals surface area contributed by atoms with Crippen LogP contribution in [-0.4, -0.2) is 29.6 Å². The fourth-order valence-electron chi connectivity index (χ4n) is 0.643. The van der Waals surface area contributed by atoms with E-state index in [-0.39, 0.29) is 30.8 Å². The Balaban J connectivity index is -0.000000169. The summed E-state index contributed by atoms with van der Waals surface area (Å²) in [4.78, 5) is 13.9. The summed E-state index contributed by atoms with van der Waals surface area (Å²) in [6, 6.07) is -0.820. The van der Waals surface area contributed by atoms with Crippen LogP contribution in [0.2, 0.25) is 0 Å². The lowest BCUT2D eigenvalue weighted by molar-refractivity contribution is -0.138. The van der Waals surface area contributed by atoms with Gasteiger partial charge in [-0.25, -0.2) is 0 Å². The molecule has 0 saturated heterocycles. The predicted molar refractivity (Wildman–Crippen MR) is 71.3 cm³/mol. The third-order valence-electron chi connectivity index (χ3n) is 1.28. The van der Waals surface area contributed by atoms with Crippen LogP contribution in [-0.2, 0) is 4.79 Å². The van der Waals surface area contributed by atoms with E-state index in [2.05, 4.69) is 18.2 Å². The molecular weight excluding hydrogens is 255 g/mol.